The van der Waals surface area contributed by atoms with Crippen LogP contribution in [0.4, 0.5) is 13.2 Å². The van der Waals surface area contributed by atoms with Crippen molar-refractivity contribution in [3.8, 4) is 0 Å². The molecule has 0 aromatic carbocycles. The van der Waals surface area contributed by atoms with Crippen LogP contribution in [0.3, 0.4) is 0 Å². The predicted octanol–water partition coefficient (Wildman–Crippen LogP) is 0.929. The fraction of sp³-hybridized carbons (Fsp3) is 0.900. The molecule has 20 heavy (non-hydrogen) atoms. The Morgan fingerprint density at radius 1 is 1.40 bits per heavy atom. The zero-order valence-corrected chi connectivity index (χ0v) is 11.8. The fourth-order valence-corrected chi connectivity index (χ4v) is 2.90. The minimum Gasteiger partial charge on any atom is -0.480 e. The molecule has 0 fully saturated rings. The molecule has 0 aromatic rings. The third-order valence-electron chi connectivity index (χ3n) is 3.03. The number of rotatable bonds is 8. The van der Waals surface area contributed by atoms with Crippen molar-refractivity contribution in [1.82, 2.24) is 0 Å². The predicted molar refractivity (Wildman–Crippen MR) is 66.7 cm³/mol. The van der Waals surface area contributed by atoms with Gasteiger partial charge >= 0.3 is 12.1 Å². The summed E-state index contributed by atoms with van der Waals surface area (Å²) in [6, 6.07) is -1.31. The van der Waals surface area contributed by atoms with E-state index in [-0.39, 0.29) is 6.42 Å². The molecule has 2 unspecified atom stereocenters. The van der Waals surface area contributed by atoms with Crippen molar-refractivity contribution in [2.45, 2.75) is 44.0 Å². The van der Waals surface area contributed by atoms with Crippen LogP contribution in [0.1, 0.15) is 26.2 Å². The van der Waals surface area contributed by atoms with Crippen LogP contribution in [0, 0.1) is 4.78 Å². The van der Waals surface area contributed by atoms with E-state index in [1.54, 1.807) is 0 Å². The van der Waals surface area contributed by atoms with Gasteiger partial charge in [0, 0.05) is 21.2 Å². The number of hydrogen-bond donors (Lipinski definition) is 4. The molecule has 0 aliphatic carbocycles. The lowest BCUT2D eigenvalue weighted by Gasteiger charge is -2.29. The van der Waals surface area contributed by atoms with Crippen LogP contribution >= 0.6 is 0 Å². The first-order valence-corrected chi connectivity index (χ1v) is 7.76. The smallest absolute Gasteiger partial charge is 0.417 e. The second-order valence-electron chi connectivity index (χ2n) is 4.59. The Labute approximate surface area is 115 Å². The number of aliphatic hydroxyl groups is 1. The molecule has 0 rings (SSSR count). The molecule has 5 N–H and O–H groups in total. The second kappa shape index (κ2) is 6.72. The Morgan fingerprint density at radius 2 is 1.90 bits per heavy atom. The number of carboxylic acid groups (broad SMARTS) is 1. The molecule has 0 saturated heterocycles. The van der Waals surface area contributed by atoms with Crippen molar-refractivity contribution in [1.29, 1.82) is 4.78 Å². The summed E-state index contributed by atoms with van der Waals surface area (Å²) >= 11 is 0. The van der Waals surface area contributed by atoms with Crippen LogP contribution in [0.5, 0.6) is 0 Å². The zero-order valence-electron chi connectivity index (χ0n) is 10.9. The van der Waals surface area contributed by atoms with Crippen LogP contribution < -0.4 is 5.73 Å². The van der Waals surface area contributed by atoms with Gasteiger partial charge in [-0.15, -0.1) is 0 Å². The maximum absolute atomic E-state index is 12.6. The summed E-state index contributed by atoms with van der Waals surface area (Å²) in [7, 11) is -3.42. The fourth-order valence-electron chi connectivity index (χ4n) is 1.40. The summed E-state index contributed by atoms with van der Waals surface area (Å²) < 4.78 is 57.0. The average molecular weight is 320 g/mol. The van der Waals surface area contributed by atoms with Crippen molar-refractivity contribution in [2.24, 2.45) is 5.73 Å². The van der Waals surface area contributed by atoms with Crippen molar-refractivity contribution in [2.75, 3.05) is 11.5 Å². The van der Waals surface area contributed by atoms with Gasteiger partial charge in [-0.1, -0.05) is 6.92 Å². The number of alkyl halides is 3. The summed E-state index contributed by atoms with van der Waals surface area (Å²) in [6.07, 6.45) is -6.61. The number of halogens is 3. The molecule has 0 amide bonds. The van der Waals surface area contributed by atoms with Crippen LogP contribution in [0.2, 0.25) is 0 Å². The zero-order chi connectivity index (χ0) is 16.2. The Hall–Kier alpha value is -0.870. The highest BCUT2D eigenvalue weighted by molar-refractivity contribution is 7.92. The highest BCUT2D eigenvalue weighted by Crippen LogP contribution is 2.36. The van der Waals surface area contributed by atoms with Crippen molar-refractivity contribution >= 4 is 15.7 Å². The molecule has 10 heteroatoms. The Kier molecular flexibility index (Phi) is 6.43. The van der Waals surface area contributed by atoms with Crippen molar-refractivity contribution < 1.29 is 32.4 Å². The van der Waals surface area contributed by atoms with E-state index in [4.69, 9.17) is 15.6 Å². The summed E-state index contributed by atoms with van der Waals surface area (Å²) in [6.45, 7) is 1.14. The monoisotopic (exact) mass is 320 g/mol. The van der Waals surface area contributed by atoms with Crippen LogP contribution in [0.15, 0.2) is 0 Å². The van der Waals surface area contributed by atoms with Crippen LogP contribution in [-0.4, -0.2) is 49.7 Å². The average Bonchev–Trinajstić information content (AvgIpc) is 2.31. The Bertz CT molecular complexity index is 438. The molecule has 120 valence electrons. The van der Waals surface area contributed by atoms with Gasteiger partial charge < -0.3 is 15.9 Å². The summed E-state index contributed by atoms with van der Waals surface area (Å²) in [5.41, 5.74) is 2.18. The highest BCUT2D eigenvalue weighted by Gasteiger charge is 2.52. The molecule has 0 bridgehead atoms. The highest BCUT2D eigenvalue weighted by atomic mass is 32.2. The molecular formula is C10H19F3N2O4S. The first kappa shape index (κ1) is 19.1. The molecule has 0 saturated carbocycles. The van der Waals surface area contributed by atoms with Gasteiger partial charge in [0.05, 0.1) is 0 Å². The largest absolute Gasteiger partial charge is 0.480 e. The van der Waals surface area contributed by atoms with E-state index in [1.807, 2.05) is 0 Å². The van der Waals surface area contributed by atoms with E-state index in [0.29, 0.717) is 0 Å². The maximum atomic E-state index is 12.6. The number of hydrogen-bond acceptors (Lipinski definition) is 5. The molecule has 0 heterocycles. The topological polar surface area (TPSA) is 124 Å². The summed E-state index contributed by atoms with van der Waals surface area (Å²) in [5.74, 6) is -2.41. The minimum atomic E-state index is -4.87. The van der Waals surface area contributed by atoms with Gasteiger partial charge in [0.1, 0.15) is 6.04 Å². The lowest BCUT2D eigenvalue weighted by molar-refractivity contribution is -0.261. The van der Waals surface area contributed by atoms with Gasteiger partial charge in [0.15, 0.2) is 5.60 Å². The van der Waals surface area contributed by atoms with Gasteiger partial charge in [-0.25, -0.2) is 4.21 Å². The van der Waals surface area contributed by atoms with Crippen molar-refractivity contribution in [3.05, 3.63) is 0 Å². The van der Waals surface area contributed by atoms with E-state index in [2.05, 4.69) is 0 Å². The number of aliphatic carboxylic acids is 1. The molecule has 0 spiro atoms. The van der Waals surface area contributed by atoms with Gasteiger partial charge in [-0.05, 0) is 19.3 Å². The van der Waals surface area contributed by atoms with E-state index in [1.165, 1.54) is 0 Å². The van der Waals surface area contributed by atoms with E-state index in [9.17, 15) is 27.3 Å². The minimum absolute atomic E-state index is 0.270. The summed E-state index contributed by atoms with van der Waals surface area (Å²) in [4.78, 5) is 10.4. The Morgan fingerprint density at radius 3 is 2.25 bits per heavy atom. The van der Waals surface area contributed by atoms with Crippen LogP contribution in [-0.2, 0) is 14.5 Å². The van der Waals surface area contributed by atoms with Gasteiger partial charge in [0.2, 0.25) is 0 Å². The molecule has 6 nitrogen and oxygen atoms in total. The number of carboxylic acids is 1. The second-order valence-corrected chi connectivity index (χ2v) is 7.03. The first-order chi connectivity index (χ1) is 8.84. The van der Waals surface area contributed by atoms with E-state index >= 15 is 0 Å². The third-order valence-corrected chi connectivity index (χ3v) is 4.79. The number of nitrogens with one attached hydrogen (secondary N) is 1. The third kappa shape index (κ3) is 5.63. The molecule has 0 radical (unpaired) electrons. The summed E-state index contributed by atoms with van der Waals surface area (Å²) in [5, 5.41) is 17.9. The van der Waals surface area contributed by atoms with Crippen LogP contribution in [0.25, 0.3) is 0 Å². The standard InChI is InChI=1S/C10H19F3N2O4S/c1-2-9(18,10(11,12)13)4-6-20(15,19)5-3-7(14)8(16)17/h7,15,18H,2-6,14H2,1H3,(H,16,17)/t7-,9?,20?/m0/s1. The molecule has 0 aromatic heterocycles. The van der Waals surface area contributed by atoms with E-state index in [0.717, 1.165) is 6.92 Å². The molecule has 0 aliphatic heterocycles. The molecule has 3 atom stereocenters. The van der Waals surface area contributed by atoms with E-state index < -0.39 is 57.9 Å². The lowest BCUT2D eigenvalue weighted by atomic mass is 9.97. The van der Waals surface area contributed by atoms with Gasteiger partial charge in [0.25, 0.3) is 0 Å². The van der Waals surface area contributed by atoms with Gasteiger partial charge in [-0.3, -0.25) is 9.57 Å². The molecular weight excluding hydrogens is 301 g/mol. The lowest BCUT2D eigenvalue weighted by Crippen LogP contribution is -2.46. The SMILES string of the molecule is CCC(O)(CCS(=N)(=O)CC[C@H](N)C(=O)O)C(F)(F)F. The maximum Gasteiger partial charge on any atom is 0.417 e. The Balaban J connectivity index is 4.60. The number of carbonyl (C=O) groups is 1. The normalized spacial score (nSPS) is 19.9. The quantitative estimate of drug-likeness (QED) is 0.529. The van der Waals surface area contributed by atoms with Gasteiger partial charge in [-0.2, -0.15) is 13.2 Å². The first-order valence-electron chi connectivity index (χ1n) is 5.86. The number of nitrogens with two attached hydrogens (primary N) is 1. The van der Waals surface area contributed by atoms with Crippen molar-refractivity contribution in [3.63, 3.8) is 0 Å². The molecule has 0 aliphatic rings.